The van der Waals surface area contributed by atoms with Crippen LogP contribution < -0.4 is 11.0 Å². The Morgan fingerprint density at radius 1 is 1.14 bits per heavy atom. The fourth-order valence-electron chi connectivity index (χ4n) is 5.18. The Hall–Kier alpha value is -1.58. The zero-order chi connectivity index (χ0) is 19.4. The predicted octanol–water partition coefficient (Wildman–Crippen LogP) is 3.48. The van der Waals surface area contributed by atoms with E-state index in [0.717, 1.165) is 51.4 Å². The number of aromatic nitrogens is 3. The van der Waals surface area contributed by atoms with Gasteiger partial charge in [-0.05, 0) is 50.7 Å². The maximum atomic E-state index is 13.2. The van der Waals surface area contributed by atoms with Crippen LogP contribution in [-0.2, 0) is 9.53 Å². The van der Waals surface area contributed by atoms with Gasteiger partial charge in [-0.15, -0.1) is 0 Å². The van der Waals surface area contributed by atoms with Gasteiger partial charge in [0.2, 0.25) is 5.91 Å². The van der Waals surface area contributed by atoms with Crippen LogP contribution in [0.5, 0.6) is 0 Å². The number of nitrogens with one attached hydrogen (secondary N) is 1. The van der Waals surface area contributed by atoms with Gasteiger partial charge in [0.1, 0.15) is 10.5 Å². The van der Waals surface area contributed by atoms with Crippen LogP contribution >= 0.6 is 23.6 Å². The Labute approximate surface area is 171 Å². The minimum Gasteiger partial charge on any atom is -0.381 e. The molecule has 2 aromatic rings. The third-order valence-corrected chi connectivity index (χ3v) is 8.00. The summed E-state index contributed by atoms with van der Waals surface area (Å²) in [6, 6.07) is 0.204. The van der Waals surface area contributed by atoms with Crippen molar-refractivity contribution in [3.8, 4) is 0 Å². The number of carbonyl (C=O) groups is 1. The molecular weight excluding hydrogens is 396 g/mol. The molecule has 0 spiro atoms. The van der Waals surface area contributed by atoms with Crippen LogP contribution in [0.25, 0.3) is 10.3 Å². The van der Waals surface area contributed by atoms with Gasteiger partial charge < -0.3 is 9.30 Å². The van der Waals surface area contributed by atoms with Crippen LogP contribution in [0.2, 0.25) is 0 Å². The number of rotatable bonds is 2. The zero-order valence-electron chi connectivity index (χ0n) is 15.8. The summed E-state index contributed by atoms with van der Waals surface area (Å²) < 4.78 is 10.3. The van der Waals surface area contributed by atoms with Crippen LogP contribution in [0.4, 0.5) is 0 Å². The fraction of sp³-hybridized carbons (Fsp3) is 0.684. The largest absolute Gasteiger partial charge is 0.381 e. The molecule has 4 unspecified atom stereocenters. The van der Waals surface area contributed by atoms with Gasteiger partial charge in [0.25, 0.3) is 5.56 Å². The Balaban J connectivity index is 1.68. The zero-order valence-corrected chi connectivity index (χ0v) is 17.5. The summed E-state index contributed by atoms with van der Waals surface area (Å²) in [6.45, 7) is 0. The molecule has 3 aliphatic rings. The van der Waals surface area contributed by atoms with E-state index in [2.05, 4.69) is 9.99 Å². The van der Waals surface area contributed by atoms with Gasteiger partial charge in [-0.3, -0.25) is 15.0 Å². The number of nitrogens with zero attached hydrogens (tertiary/aromatic N) is 3. The first-order chi connectivity index (χ1) is 13.6. The fourth-order valence-corrected chi connectivity index (χ4v) is 6.59. The van der Waals surface area contributed by atoms with Crippen molar-refractivity contribution < 1.29 is 9.53 Å². The normalized spacial score (nSPS) is 30.0. The molecule has 28 heavy (non-hydrogen) atoms. The van der Waals surface area contributed by atoms with Gasteiger partial charge in [-0.25, -0.2) is 9.66 Å². The molecule has 0 radical (unpaired) electrons. The first kappa shape index (κ1) is 18.4. The van der Waals surface area contributed by atoms with E-state index < -0.39 is 0 Å². The van der Waals surface area contributed by atoms with Gasteiger partial charge >= 0.3 is 0 Å². The molecule has 2 aromatic heterocycles. The lowest BCUT2D eigenvalue weighted by Gasteiger charge is -2.35. The number of ether oxygens (including phenoxy) is 1. The number of carbonyl (C=O) groups excluding carboxylic acids is 1. The molecule has 0 aromatic carbocycles. The van der Waals surface area contributed by atoms with E-state index in [1.807, 2.05) is 0 Å². The first-order valence-corrected chi connectivity index (χ1v) is 11.3. The van der Waals surface area contributed by atoms with Crippen molar-refractivity contribution in [1.82, 2.24) is 14.2 Å². The lowest BCUT2D eigenvalue weighted by atomic mass is 9.77. The third-order valence-electron chi connectivity index (χ3n) is 6.62. The Kier molecular flexibility index (Phi) is 4.64. The van der Waals surface area contributed by atoms with Crippen LogP contribution in [0.15, 0.2) is 4.79 Å². The third kappa shape index (κ3) is 2.78. The highest BCUT2D eigenvalue weighted by Crippen LogP contribution is 2.40. The molecule has 150 valence electrons. The SMILES string of the molecule is COC1CCCC(n2c(=S)sc3c(=O)n4c(nc32)C2CCCCC2C(=O)N4)C1. The van der Waals surface area contributed by atoms with Crippen LogP contribution in [0.3, 0.4) is 0 Å². The Bertz CT molecular complexity index is 1060. The van der Waals surface area contributed by atoms with E-state index in [1.165, 1.54) is 16.0 Å². The van der Waals surface area contributed by atoms with Crippen molar-refractivity contribution in [3.63, 3.8) is 0 Å². The maximum absolute atomic E-state index is 13.2. The van der Waals surface area contributed by atoms with E-state index in [9.17, 15) is 9.59 Å². The van der Waals surface area contributed by atoms with Crippen molar-refractivity contribution >= 4 is 39.8 Å². The highest BCUT2D eigenvalue weighted by Gasteiger charge is 2.40. The van der Waals surface area contributed by atoms with Crippen LogP contribution in [0.1, 0.15) is 69.2 Å². The lowest BCUT2D eigenvalue weighted by Crippen LogP contribution is -2.47. The molecule has 5 rings (SSSR count). The van der Waals surface area contributed by atoms with Crippen molar-refractivity contribution in [2.24, 2.45) is 5.92 Å². The van der Waals surface area contributed by atoms with Gasteiger partial charge in [0.15, 0.2) is 9.60 Å². The molecule has 1 N–H and O–H groups in total. The molecule has 7 nitrogen and oxygen atoms in total. The van der Waals surface area contributed by atoms with Crippen molar-refractivity contribution in [2.45, 2.75) is 69.4 Å². The summed E-state index contributed by atoms with van der Waals surface area (Å²) in [5.74, 6) is 0.571. The van der Waals surface area contributed by atoms with E-state index in [1.54, 1.807) is 7.11 Å². The van der Waals surface area contributed by atoms with E-state index in [4.69, 9.17) is 21.9 Å². The number of hydrogen-bond acceptors (Lipinski definition) is 6. The highest BCUT2D eigenvalue weighted by molar-refractivity contribution is 7.73. The summed E-state index contributed by atoms with van der Waals surface area (Å²) >= 11 is 6.95. The topological polar surface area (TPSA) is 78.2 Å². The van der Waals surface area contributed by atoms with Crippen molar-refractivity contribution in [3.05, 3.63) is 20.1 Å². The average Bonchev–Trinajstić information content (AvgIpc) is 3.05. The highest BCUT2D eigenvalue weighted by atomic mass is 32.1. The monoisotopic (exact) mass is 420 g/mol. The van der Waals surface area contributed by atoms with Crippen LogP contribution in [-0.4, -0.2) is 33.3 Å². The van der Waals surface area contributed by atoms with Gasteiger partial charge in [-0.1, -0.05) is 24.2 Å². The Morgan fingerprint density at radius 3 is 2.71 bits per heavy atom. The predicted molar refractivity (Wildman–Crippen MR) is 110 cm³/mol. The van der Waals surface area contributed by atoms with Crippen molar-refractivity contribution in [1.29, 1.82) is 0 Å². The second-order valence-corrected chi connectivity index (χ2v) is 9.80. The summed E-state index contributed by atoms with van der Waals surface area (Å²) in [6.07, 6.45) is 8.14. The first-order valence-electron chi connectivity index (χ1n) is 10.1. The second kappa shape index (κ2) is 7.03. The minimum absolute atomic E-state index is 0.0135. The number of methoxy groups -OCH3 is 1. The molecule has 0 saturated heterocycles. The molecule has 0 bridgehead atoms. The minimum atomic E-state index is -0.202. The lowest BCUT2D eigenvalue weighted by molar-refractivity contribution is -0.123. The summed E-state index contributed by atoms with van der Waals surface area (Å²) in [4.78, 5) is 30.7. The van der Waals surface area contributed by atoms with Gasteiger partial charge in [-0.2, -0.15) is 0 Å². The molecular formula is C19H24N4O3S2. The number of amides is 1. The number of hydrogen-bond donors (Lipinski definition) is 1. The van der Waals surface area contributed by atoms with E-state index in [-0.39, 0.29) is 35.4 Å². The number of fused-ring (bicyclic) bond motifs is 4. The van der Waals surface area contributed by atoms with Crippen LogP contribution in [0, 0.1) is 9.87 Å². The van der Waals surface area contributed by atoms with Crippen molar-refractivity contribution in [2.75, 3.05) is 12.5 Å². The van der Waals surface area contributed by atoms with E-state index in [0.29, 0.717) is 20.1 Å². The quantitative estimate of drug-likeness (QED) is 0.753. The number of thiazole rings is 1. The molecule has 1 aliphatic heterocycles. The van der Waals surface area contributed by atoms with Gasteiger partial charge in [0, 0.05) is 25.0 Å². The Morgan fingerprint density at radius 2 is 1.93 bits per heavy atom. The second-order valence-electron chi connectivity index (χ2n) is 8.15. The average molecular weight is 421 g/mol. The molecule has 2 saturated carbocycles. The molecule has 3 heterocycles. The smallest absolute Gasteiger partial charge is 0.292 e. The summed E-state index contributed by atoms with van der Waals surface area (Å²) in [5, 5.41) is 0. The molecule has 9 heteroatoms. The molecule has 4 atom stereocenters. The van der Waals surface area contributed by atoms with E-state index >= 15 is 0 Å². The maximum Gasteiger partial charge on any atom is 0.292 e. The summed E-state index contributed by atoms with van der Waals surface area (Å²) in [7, 11) is 1.75. The molecule has 2 fully saturated rings. The molecule has 2 aliphatic carbocycles. The standard InChI is InChI=1S/C19H24N4O3S2/c1-26-11-6-4-5-10(9-11)22-16-14(28-19(22)27)18(25)23-15(20-16)12-7-2-3-8-13(12)17(24)21-23/h10-13H,2-9H2,1H3,(H,21,24). The van der Waals surface area contributed by atoms with Gasteiger partial charge in [0.05, 0.1) is 6.10 Å². The summed E-state index contributed by atoms with van der Waals surface area (Å²) in [5.41, 5.74) is 3.28. The molecule has 1 amide bonds.